The lowest BCUT2D eigenvalue weighted by molar-refractivity contribution is -0.110. The number of hydrogen-bond donors (Lipinski definition) is 0. The molecule has 0 atom stereocenters. The molecular weight excluding hydrogens is 266 g/mol. The lowest BCUT2D eigenvalue weighted by Crippen LogP contribution is -2.12. The van der Waals surface area contributed by atoms with Crippen LogP contribution in [0.3, 0.4) is 0 Å². The minimum absolute atomic E-state index is 0.0863. The van der Waals surface area contributed by atoms with Crippen molar-refractivity contribution >= 4 is 21.5 Å². The number of sulfonamides is 1. The Balaban J connectivity index is 2.44. The van der Waals surface area contributed by atoms with Crippen LogP contribution in [0.5, 0.6) is 0 Å². The van der Waals surface area contributed by atoms with Gasteiger partial charge in [0.05, 0.1) is 12.0 Å². The van der Waals surface area contributed by atoms with Crippen molar-refractivity contribution in [2.75, 3.05) is 7.11 Å². The van der Waals surface area contributed by atoms with E-state index >= 15 is 0 Å². The first-order chi connectivity index (χ1) is 9.03. The van der Waals surface area contributed by atoms with Gasteiger partial charge < -0.3 is 4.74 Å². The molecule has 5 nitrogen and oxygen atoms in total. The highest BCUT2D eigenvalue weighted by molar-refractivity contribution is 7.90. The topological polar surface area (TPSA) is 72.8 Å². The molecule has 0 bridgehead atoms. The number of carbonyl (C=O) groups excluding carboxylic acids is 1. The van der Waals surface area contributed by atoms with E-state index < -0.39 is 10.0 Å². The third-order valence-electron chi connectivity index (χ3n) is 2.41. The summed E-state index contributed by atoms with van der Waals surface area (Å²) in [6, 6.07) is 7.84. The maximum atomic E-state index is 12.1. The maximum absolute atomic E-state index is 12.1. The van der Waals surface area contributed by atoms with Crippen LogP contribution in [0.25, 0.3) is 0 Å². The molecule has 0 amide bonds. The average molecular weight is 277 g/mol. The van der Waals surface area contributed by atoms with Gasteiger partial charge in [0.15, 0.2) is 5.78 Å². The van der Waals surface area contributed by atoms with Gasteiger partial charge in [0.2, 0.25) is 0 Å². The van der Waals surface area contributed by atoms with Crippen molar-refractivity contribution in [3.8, 4) is 0 Å². The highest BCUT2D eigenvalue weighted by Gasteiger charge is 2.18. The monoisotopic (exact) mass is 277 g/mol. The number of carbonyl (C=O) groups is 1. The second-order valence-corrected chi connectivity index (χ2v) is 5.32. The standard InChI is InChI=1S/C13H11NO4S/c1-18-13-9-10(15)7-8-12(13)14-19(16,17)11-5-3-2-4-6-11/h2-9H,1H3/b14-12-. The van der Waals surface area contributed by atoms with Gasteiger partial charge in [-0.1, -0.05) is 18.2 Å². The van der Waals surface area contributed by atoms with Gasteiger partial charge in [-0.3, -0.25) is 4.79 Å². The molecular formula is C13H11NO4S. The van der Waals surface area contributed by atoms with Gasteiger partial charge in [-0.2, -0.15) is 12.8 Å². The van der Waals surface area contributed by atoms with Crippen LogP contribution in [-0.2, 0) is 19.6 Å². The normalized spacial score (nSPS) is 17.4. The molecule has 0 N–H and O–H groups in total. The van der Waals surface area contributed by atoms with Crippen molar-refractivity contribution in [1.82, 2.24) is 0 Å². The van der Waals surface area contributed by atoms with Crippen molar-refractivity contribution in [2.45, 2.75) is 4.90 Å². The van der Waals surface area contributed by atoms with E-state index in [1.165, 1.54) is 37.5 Å². The molecule has 0 saturated carbocycles. The first-order valence-electron chi connectivity index (χ1n) is 5.41. The number of allylic oxidation sites excluding steroid dienone is 3. The van der Waals surface area contributed by atoms with E-state index in [1.54, 1.807) is 18.2 Å². The SMILES string of the molecule is COC1=CC(=O)C=C/C1=N/S(=O)(=O)c1ccccc1. The molecule has 0 radical (unpaired) electrons. The van der Waals surface area contributed by atoms with Crippen LogP contribution in [0.15, 0.2) is 63.6 Å². The molecule has 2 rings (SSSR count). The second-order valence-electron chi connectivity index (χ2n) is 3.71. The number of ketones is 1. The molecule has 0 aliphatic heterocycles. The van der Waals surface area contributed by atoms with Crippen LogP contribution in [0.1, 0.15) is 0 Å². The molecule has 0 spiro atoms. The van der Waals surface area contributed by atoms with Crippen molar-refractivity contribution < 1.29 is 17.9 Å². The van der Waals surface area contributed by atoms with E-state index in [0.717, 1.165) is 0 Å². The van der Waals surface area contributed by atoms with Crippen LogP contribution in [0, 0.1) is 0 Å². The van der Waals surface area contributed by atoms with Crippen molar-refractivity contribution in [1.29, 1.82) is 0 Å². The summed E-state index contributed by atoms with van der Waals surface area (Å²) in [5.74, 6) is -0.139. The second kappa shape index (κ2) is 5.19. The quantitative estimate of drug-likeness (QED) is 0.784. The van der Waals surface area contributed by atoms with Crippen LogP contribution >= 0.6 is 0 Å². The summed E-state index contributed by atoms with van der Waals surface area (Å²) in [5.41, 5.74) is 0.103. The number of rotatable bonds is 3. The molecule has 98 valence electrons. The Morgan fingerprint density at radius 3 is 2.42 bits per heavy atom. The molecule has 0 heterocycles. The molecule has 0 unspecified atom stereocenters. The van der Waals surface area contributed by atoms with Gasteiger partial charge >= 0.3 is 0 Å². The number of nitrogens with zero attached hydrogens (tertiary/aromatic N) is 1. The van der Waals surface area contributed by atoms with E-state index in [1.807, 2.05) is 0 Å². The summed E-state index contributed by atoms with van der Waals surface area (Å²) in [4.78, 5) is 11.3. The van der Waals surface area contributed by atoms with Crippen LogP contribution in [-0.4, -0.2) is 27.0 Å². The Labute approximate surface area is 111 Å². The van der Waals surface area contributed by atoms with Gasteiger partial charge in [-0.05, 0) is 24.3 Å². The molecule has 0 saturated heterocycles. The summed E-state index contributed by atoms with van der Waals surface area (Å²) in [5, 5.41) is 0. The first-order valence-corrected chi connectivity index (χ1v) is 6.85. The third kappa shape index (κ3) is 2.97. The minimum Gasteiger partial charge on any atom is -0.494 e. The fraction of sp³-hybridized carbons (Fsp3) is 0.0769. The van der Waals surface area contributed by atoms with Crippen molar-refractivity contribution in [3.63, 3.8) is 0 Å². The molecule has 0 aromatic heterocycles. The molecule has 1 aromatic carbocycles. The van der Waals surface area contributed by atoms with Crippen molar-refractivity contribution in [3.05, 3.63) is 54.3 Å². The largest absolute Gasteiger partial charge is 0.494 e. The molecule has 6 heteroatoms. The lowest BCUT2D eigenvalue weighted by Gasteiger charge is -2.09. The number of hydrogen-bond acceptors (Lipinski definition) is 4. The molecule has 0 fully saturated rings. The maximum Gasteiger partial charge on any atom is 0.282 e. The smallest absolute Gasteiger partial charge is 0.282 e. The third-order valence-corrected chi connectivity index (χ3v) is 3.72. The van der Waals surface area contributed by atoms with Crippen LogP contribution < -0.4 is 0 Å². The Bertz CT molecular complexity index is 685. The number of ether oxygens (including phenoxy) is 1. The summed E-state index contributed by atoms with van der Waals surface area (Å²) < 4.78 is 32.7. The highest BCUT2D eigenvalue weighted by atomic mass is 32.2. The number of benzene rings is 1. The predicted molar refractivity (Wildman–Crippen MR) is 70.3 cm³/mol. The number of methoxy groups -OCH3 is 1. The van der Waals surface area contributed by atoms with Crippen LogP contribution in [0.4, 0.5) is 0 Å². The van der Waals surface area contributed by atoms with E-state index in [2.05, 4.69) is 4.40 Å². The highest BCUT2D eigenvalue weighted by Crippen LogP contribution is 2.15. The molecule has 1 aromatic rings. The summed E-state index contributed by atoms with van der Waals surface area (Å²) in [6.07, 6.45) is 3.75. The van der Waals surface area contributed by atoms with Gasteiger partial charge in [-0.25, -0.2) is 0 Å². The Morgan fingerprint density at radius 1 is 1.11 bits per heavy atom. The Morgan fingerprint density at radius 2 is 1.79 bits per heavy atom. The lowest BCUT2D eigenvalue weighted by atomic mass is 10.1. The minimum atomic E-state index is -3.82. The predicted octanol–water partition coefficient (Wildman–Crippen LogP) is 1.49. The van der Waals surface area contributed by atoms with Crippen molar-refractivity contribution in [2.24, 2.45) is 4.40 Å². The average Bonchev–Trinajstić information content (AvgIpc) is 2.41. The molecule has 1 aliphatic rings. The molecule has 1 aliphatic carbocycles. The Hall–Kier alpha value is -2.21. The van der Waals surface area contributed by atoms with E-state index in [-0.39, 0.29) is 22.1 Å². The fourth-order valence-corrected chi connectivity index (χ4v) is 2.52. The summed E-state index contributed by atoms with van der Waals surface area (Å²) in [6.45, 7) is 0. The zero-order chi connectivity index (χ0) is 13.9. The van der Waals surface area contributed by atoms with E-state index in [4.69, 9.17) is 4.74 Å². The van der Waals surface area contributed by atoms with E-state index in [9.17, 15) is 13.2 Å². The van der Waals surface area contributed by atoms with Gasteiger partial charge in [0, 0.05) is 6.08 Å². The van der Waals surface area contributed by atoms with Gasteiger partial charge in [-0.15, -0.1) is 0 Å². The van der Waals surface area contributed by atoms with E-state index in [0.29, 0.717) is 0 Å². The Kier molecular flexibility index (Phi) is 3.62. The summed E-state index contributed by atoms with van der Waals surface area (Å²) in [7, 11) is -2.47. The zero-order valence-electron chi connectivity index (χ0n) is 10.1. The summed E-state index contributed by atoms with van der Waals surface area (Å²) >= 11 is 0. The van der Waals surface area contributed by atoms with Crippen LogP contribution in [0.2, 0.25) is 0 Å². The van der Waals surface area contributed by atoms with Gasteiger partial charge in [0.1, 0.15) is 11.5 Å². The molecule has 19 heavy (non-hydrogen) atoms. The first kappa shape index (κ1) is 13.2. The van der Waals surface area contributed by atoms with Gasteiger partial charge in [0.25, 0.3) is 10.0 Å². The fourth-order valence-electron chi connectivity index (χ4n) is 1.51. The zero-order valence-corrected chi connectivity index (χ0v) is 10.9.